The third-order valence-electron chi connectivity index (χ3n) is 5.98. The van der Waals surface area contributed by atoms with Gasteiger partial charge in [-0.1, -0.05) is 149 Å². The maximum Gasteiger partial charge on any atom is 0.00886 e. The molecule has 0 rings (SSSR count). The molecule has 29 heavy (non-hydrogen) atoms. The molecule has 0 aromatic rings. The normalized spacial score (nSPS) is 10.8. The van der Waals surface area contributed by atoms with Crippen molar-refractivity contribution in [3.8, 4) is 11.8 Å². The SMILES string of the molecule is [CH2]CCC#CCCCCCCCCCCCCCCCCCCCCCCC[CH2]. The maximum absolute atomic E-state index is 3.91. The van der Waals surface area contributed by atoms with Crippen molar-refractivity contribution in [1.82, 2.24) is 0 Å². The van der Waals surface area contributed by atoms with E-state index < -0.39 is 0 Å². The zero-order valence-corrected chi connectivity index (χ0v) is 20.1. The molecule has 0 nitrogen and oxygen atoms in total. The Kier molecular flexibility index (Phi) is 27.1. The summed E-state index contributed by atoms with van der Waals surface area (Å²) in [5, 5.41) is 0. The molecule has 0 fully saturated rings. The first-order valence-corrected chi connectivity index (χ1v) is 13.5. The van der Waals surface area contributed by atoms with E-state index in [0.29, 0.717) is 0 Å². The predicted octanol–water partition coefficient (Wildman–Crippen LogP) is 10.4. The van der Waals surface area contributed by atoms with Crippen LogP contribution in [0.25, 0.3) is 0 Å². The fraction of sp³-hybridized carbons (Fsp3) is 0.862. The van der Waals surface area contributed by atoms with Gasteiger partial charge in [-0.25, -0.2) is 0 Å². The van der Waals surface area contributed by atoms with Crippen LogP contribution >= 0.6 is 0 Å². The molecule has 0 spiro atoms. The van der Waals surface area contributed by atoms with Crippen LogP contribution in [0.15, 0.2) is 0 Å². The van der Waals surface area contributed by atoms with E-state index in [-0.39, 0.29) is 0 Å². The van der Waals surface area contributed by atoms with E-state index in [4.69, 9.17) is 0 Å². The Morgan fingerprint density at radius 1 is 0.276 bits per heavy atom. The second-order valence-corrected chi connectivity index (χ2v) is 8.99. The van der Waals surface area contributed by atoms with Crippen molar-refractivity contribution < 1.29 is 0 Å². The highest BCUT2D eigenvalue weighted by Crippen LogP contribution is 2.15. The van der Waals surface area contributed by atoms with E-state index in [1.54, 1.807) is 0 Å². The lowest BCUT2D eigenvalue weighted by Crippen LogP contribution is -1.84. The van der Waals surface area contributed by atoms with Crippen LogP contribution in [0.2, 0.25) is 0 Å². The van der Waals surface area contributed by atoms with Gasteiger partial charge >= 0.3 is 0 Å². The summed E-state index contributed by atoms with van der Waals surface area (Å²) in [6.07, 6.45) is 34.3. The fourth-order valence-electron chi connectivity index (χ4n) is 4.01. The van der Waals surface area contributed by atoms with Crippen LogP contribution in [0.4, 0.5) is 0 Å². The average Bonchev–Trinajstić information content (AvgIpc) is 2.74. The molecule has 0 heteroatoms. The van der Waals surface area contributed by atoms with Gasteiger partial charge in [0.2, 0.25) is 0 Å². The van der Waals surface area contributed by atoms with Crippen molar-refractivity contribution in [3.05, 3.63) is 13.8 Å². The second kappa shape index (κ2) is 27.6. The molecule has 170 valence electrons. The lowest BCUT2D eigenvalue weighted by Gasteiger charge is -2.04. The Hall–Kier alpha value is -0.440. The van der Waals surface area contributed by atoms with Crippen LogP contribution in [0.1, 0.15) is 161 Å². The summed E-state index contributed by atoms with van der Waals surface area (Å²) >= 11 is 0. The highest BCUT2D eigenvalue weighted by Gasteiger charge is 1.95. The van der Waals surface area contributed by atoms with Crippen LogP contribution in [0.3, 0.4) is 0 Å². The molecule has 0 saturated carbocycles. The van der Waals surface area contributed by atoms with E-state index >= 15 is 0 Å². The van der Waals surface area contributed by atoms with Crippen molar-refractivity contribution in [1.29, 1.82) is 0 Å². The minimum atomic E-state index is 0.949. The Morgan fingerprint density at radius 2 is 0.552 bits per heavy atom. The van der Waals surface area contributed by atoms with Gasteiger partial charge in [0.1, 0.15) is 0 Å². The first-order chi connectivity index (χ1) is 14.4. The second-order valence-electron chi connectivity index (χ2n) is 8.99. The molecule has 0 amide bonds. The molecule has 0 unspecified atom stereocenters. The van der Waals surface area contributed by atoms with Crippen LogP contribution in [-0.4, -0.2) is 0 Å². The Labute approximate surface area is 186 Å². The quantitative estimate of drug-likeness (QED) is 0.118. The molecule has 0 bridgehead atoms. The number of hydrogen-bond donors (Lipinski definition) is 0. The topological polar surface area (TPSA) is 0 Å². The summed E-state index contributed by atoms with van der Waals surface area (Å²) in [7, 11) is 0. The molecule has 0 aliphatic carbocycles. The molecule has 0 aliphatic rings. The number of rotatable bonds is 23. The van der Waals surface area contributed by atoms with Crippen LogP contribution in [0.5, 0.6) is 0 Å². The molecular formula is C29H54. The standard InChI is InChI=1S/C29H54/c1-3-5-7-9-11-13-15-17-19-21-23-25-27-29-28-26-24-22-20-18-16-14-12-10-8-6-4-2/h1-7,9,11-29H2. The molecule has 0 saturated heterocycles. The van der Waals surface area contributed by atoms with Crippen LogP contribution in [0, 0.1) is 25.7 Å². The number of hydrogen-bond acceptors (Lipinski definition) is 0. The smallest absolute Gasteiger partial charge is 0.00886 e. The monoisotopic (exact) mass is 402 g/mol. The minimum absolute atomic E-state index is 0.949. The van der Waals surface area contributed by atoms with E-state index in [0.717, 1.165) is 25.7 Å². The largest absolute Gasteiger partial charge is 0.103 e. The van der Waals surface area contributed by atoms with Crippen molar-refractivity contribution in [2.75, 3.05) is 0 Å². The summed E-state index contributed by atoms with van der Waals surface area (Å²) in [6.45, 7) is 7.72. The van der Waals surface area contributed by atoms with Crippen molar-refractivity contribution in [2.45, 2.75) is 161 Å². The lowest BCUT2D eigenvalue weighted by atomic mass is 10.0. The number of unbranched alkanes of at least 4 members (excludes halogenated alkanes) is 23. The van der Waals surface area contributed by atoms with Gasteiger partial charge in [0.15, 0.2) is 0 Å². The summed E-state index contributed by atoms with van der Waals surface area (Å²) in [5.41, 5.74) is 0. The first kappa shape index (κ1) is 28.6. The van der Waals surface area contributed by atoms with Gasteiger partial charge in [-0.15, -0.1) is 11.8 Å². The Balaban J connectivity index is 3.01. The highest BCUT2D eigenvalue weighted by atomic mass is 14.0. The molecule has 0 N–H and O–H groups in total. The van der Waals surface area contributed by atoms with E-state index in [1.807, 2.05) is 0 Å². The summed E-state index contributed by atoms with van der Waals surface area (Å²) in [4.78, 5) is 0. The van der Waals surface area contributed by atoms with Crippen molar-refractivity contribution >= 4 is 0 Å². The first-order valence-electron chi connectivity index (χ1n) is 13.5. The van der Waals surface area contributed by atoms with Gasteiger partial charge in [-0.2, -0.15) is 0 Å². The average molecular weight is 403 g/mol. The minimum Gasteiger partial charge on any atom is -0.103 e. The maximum atomic E-state index is 3.91. The fourth-order valence-corrected chi connectivity index (χ4v) is 4.01. The lowest BCUT2D eigenvalue weighted by molar-refractivity contribution is 0.520. The van der Waals surface area contributed by atoms with Crippen LogP contribution in [-0.2, 0) is 0 Å². The zero-order valence-electron chi connectivity index (χ0n) is 20.1. The highest BCUT2D eigenvalue weighted by molar-refractivity contribution is 4.98. The molecule has 0 aliphatic heterocycles. The van der Waals surface area contributed by atoms with Crippen LogP contribution < -0.4 is 0 Å². The van der Waals surface area contributed by atoms with Gasteiger partial charge in [-0.3, -0.25) is 0 Å². The molecule has 2 radical (unpaired) electrons. The molecular weight excluding hydrogens is 348 g/mol. The van der Waals surface area contributed by atoms with Crippen molar-refractivity contribution in [2.24, 2.45) is 0 Å². The van der Waals surface area contributed by atoms with E-state index in [2.05, 4.69) is 25.7 Å². The summed E-state index contributed by atoms with van der Waals surface area (Å²) in [5.74, 6) is 6.44. The molecule has 0 aromatic carbocycles. The molecule has 0 aromatic heterocycles. The summed E-state index contributed by atoms with van der Waals surface area (Å²) in [6, 6.07) is 0. The van der Waals surface area contributed by atoms with E-state index in [9.17, 15) is 0 Å². The van der Waals surface area contributed by atoms with Gasteiger partial charge in [0, 0.05) is 12.8 Å². The predicted molar refractivity (Wildman–Crippen MR) is 134 cm³/mol. The van der Waals surface area contributed by atoms with Gasteiger partial charge < -0.3 is 0 Å². The van der Waals surface area contributed by atoms with Crippen molar-refractivity contribution in [3.63, 3.8) is 0 Å². The molecule has 0 atom stereocenters. The zero-order chi connectivity index (χ0) is 21.1. The Morgan fingerprint density at radius 3 is 0.862 bits per heavy atom. The van der Waals surface area contributed by atoms with E-state index in [1.165, 1.54) is 135 Å². The summed E-state index contributed by atoms with van der Waals surface area (Å²) < 4.78 is 0. The third-order valence-corrected chi connectivity index (χ3v) is 5.98. The molecule has 0 heterocycles. The Bertz CT molecular complexity index is 332. The van der Waals surface area contributed by atoms with Gasteiger partial charge in [0.25, 0.3) is 0 Å². The van der Waals surface area contributed by atoms with Gasteiger partial charge in [-0.05, 0) is 12.8 Å². The van der Waals surface area contributed by atoms with Gasteiger partial charge in [0.05, 0.1) is 0 Å². The third kappa shape index (κ3) is 27.6.